The molecule has 2 nitrogen and oxygen atoms in total. The van der Waals surface area contributed by atoms with Crippen LogP contribution < -0.4 is 4.90 Å². The van der Waals surface area contributed by atoms with Crippen molar-refractivity contribution in [2.24, 2.45) is 0 Å². The summed E-state index contributed by atoms with van der Waals surface area (Å²) in [6.45, 7) is 0. The van der Waals surface area contributed by atoms with Crippen molar-refractivity contribution in [1.29, 1.82) is 0 Å². The van der Waals surface area contributed by atoms with Crippen LogP contribution in [0.5, 0.6) is 0 Å². The zero-order valence-electron chi connectivity index (χ0n) is 22.9. The van der Waals surface area contributed by atoms with E-state index in [1.165, 1.54) is 21.9 Å². The SMILES string of the molecule is c1ccc(-c2ccc(-c3c4ccccc4cc4c3oc3cc(N(c5ccccc5)c5ccccc5)ccc34)cc2)cc1. The van der Waals surface area contributed by atoms with E-state index in [1.54, 1.807) is 0 Å². The Hall–Kier alpha value is -5.60. The standard InChI is InChI=1S/C40H27NO/c1-4-12-28(13-5-1)29-20-22-30(23-21-29)39-35-19-11-10-14-31(35)26-37-36-25-24-34(27-38(36)42-40(37)39)41(32-15-6-2-7-16-32)33-17-8-3-9-18-33/h1-27H. The first-order valence-corrected chi connectivity index (χ1v) is 14.3. The zero-order chi connectivity index (χ0) is 27.9. The number of hydrogen-bond donors (Lipinski definition) is 0. The van der Waals surface area contributed by atoms with Gasteiger partial charge in [0, 0.05) is 39.5 Å². The van der Waals surface area contributed by atoms with Gasteiger partial charge in [-0.05, 0) is 69.9 Å². The topological polar surface area (TPSA) is 16.4 Å². The highest BCUT2D eigenvalue weighted by atomic mass is 16.3. The minimum atomic E-state index is 0.872. The summed E-state index contributed by atoms with van der Waals surface area (Å²) in [6.07, 6.45) is 0. The highest BCUT2D eigenvalue weighted by molar-refractivity contribution is 6.18. The van der Waals surface area contributed by atoms with E-state index in [2.05, 4.69) is 157 Å². The maximum atomic E-state index is 6.80. The van der Waals surface area contributed by atoms with Crippen molar-refractivity contribution in [3.63, 3.8) is 0 Å². The van der Waals surface area contributed by atoms with E-state index in [0.29, 0.717) is 0 Å². The number of fused-ring (bicyclic) bond motifs is 4. The summed E-state index contributed by atoms with van der Waals surface area (Å²) in [5, 5.41) is 4.63. The fourth-order valence-corrected chi connectivity index (χ4v) is 6.05. The molecule has 42 heavy (non-hydrogen) atoms. The van der Waals surface area contributed by atoms with E-state index in [4.69, 9.17) is 4.42 Å². The van der Waals surface area contributed by atoms with Crippen molar-refractivity contribution in [1.82, 2.24) is 0 Å². The molecule has 0 fully saturated rings. The van der Waals surface area contributed by atoms with Crippen LogP contribution in [-0.2, 0) is 0 Å². The van der Waals surface area contributed by atoms with Gasteiger partial charge in [-0.3, -0.25) is 0 Å². The van der Waals surface area contributed by atoms with Crippen LogP contribution in [0.25, 0.3) is 55.0 Å². The number of anilines is 3. The lowest BCUT2D eigenvalue weighted by Crippen LogP contribution is -2.09. The van der Waals surface area contributed by atoms with Crippen molar-refractivity contribution in [2.45, 2.75) is 0 Å². The van der Waals surface area contributed by atoms with Gasteiger partial charge in [0.1, 0.15) is 11.2 Å². The number of para-hydroxylation sites is 2. The zero-order valence-corrected chi connectivity index (χ0v) is 22.9. The Kier molecular flexibility index (Phi) is 5.82. The Labute approximate surface area is 244 Å². The first kappa shape index (κ1) is 24.2. The monoisotopic (exact) mass is 537 g/mol. The normalized spacial score (nSPS) is 11.3. The molecule has 0 bridgehead atoms. The van der Waals surface area contributed by atoms with Crippen molar-refractivity contribution in [2.75, 3.05) is 4.90 Å². The summed E-state index contributed by atoms with van der Waals surface area (Å²) in [6, 6.07) is 57.7. The van der Waals surface area contributed by atoms with E-state index in [0.717, 1.165) is 50.1 Å². The summed E-state index contributed by atoms with van der Waals surface area (Å²) in [5.74, 6) is 0. The molecule has 0 amide bonds. The molecule has 2 heteroatoms. The number of nitrogens with zero attached hydrogens (tertiary/aromatic N) is 1. The summed E-state index contributed by atoms with van der Waals surface area (Å²) in [4.78, 5) is 2.27. The molecule has 0 aliphatic carbocycles. The van der Waals surface area contributed by atoms with E-state index in [9.17, 15) is 0 Å². The molecule has 8 aromatic rings. The van der Waals surface area contributed by atoms with Crippen molar-refractivity contribution in [3.8, 4) is 22.3 Å². The average molecular weight is 538 g/mol. The molecule has 0 unspecified atom stereocenters. The van der Waals surface area contributed by atoms with Crippen LogP contribution in [-0.4, -0.2) is 0 Å². The van der Waals surface area contributed by atoms with Gasteiger partial charge in [0.25, 0.3) is 0 Å². The smallest absolute Gasteiger partial charge is 0.143 e. The second-order valence-corrected chi connectivity index (χ2v) is 10.6. The van der Waals surface area contributed by atoms with Gasteiger partial charge >= 0.3 is 0 Å². The molecule has 0 saturated carbocycles. The average Bonchev–Trinajstić information content (AvgIpc) is 3.42. The molecular formula is C40H27NO. The fourth-order valence-electron chi connectivity index (χ4n) is 6.05. The van der Waals surface area contributed by atoms with E-state index >= 15 is 0 Å². The summed E-state index contributed by atoms with van der Waals surface area (Å²) in [7, 11) is 0. The molecule has 7 aromatic carbocycles. The van der Waals surface area contributed by atoms with Crippen molar-refractivity contribution >= 4 is 49.8 Å². The molecule has 0 radical (unpaired) electrons. The maximum absolute atomic E-state index is 6.80. The van der Waals surface area contributed by atoms with Crippen LogP contribution in [0.1, 0.15) is 0 Å². The second kappa shape index (κ2) is 10.1. The minimum absolute atomic E-state index is 0.872. The summed E-state index contributed by atoms with van der Waals surface area (Å²) in [5.41, 5.74) is 9.73. The Bertz CT molecular complexity index is 2120. The Morgan fingerprint density at radius 1 is 0.381 bits per heavy atom. The van der Waals surface area contributed by atoms with Crippen LogP contribution in [0, 0.1) is 0 Å². The minimum Gasteiger partial charge on any atom is -0.455 e. The third-order valence-electron chi connectivity index (χ3n) is 8.04. The second-order valence-electron chi connectivity index (χ2n) is 10.6. The van der Waals surface area contributed by atoms with E-state index in [1.807, 2.05) is 12.1 Å². The molecule has 0 aliphatic rings. The first-order valence-electron chi connectivity index (χ1n) is 14.3. The molecule has 0 spiro atoms. The van der Waals surface area contributed by atoms with Crippen LogP contribution in [0.4, 0.5) is 17.1 Å². The molecule has 0 N–H and O–H groups in total. The highest BCUT2D eigenvalue weighted by Gasteiger charge is 2.19. The number of rotatable bonds is 5. The van der Waals surface area contributed by atoms with Crippen molar-refractivity contribution in [3.05, 3.63) is 164 Å². The molecule has 8 rings (SSSR count). The van der Waals surface area contributed by atoms with Crippen LogP contribution in [0.3, 0.4) is 0 Å². The van der Waals surface area contributed by atoms with E-state index < -0.39 is 0 Å². The molecule has 0 saturated heterocycles. The van der Waals surface area contributed by atoms with Crippen molar-refractivity contribution < 1.29 is 4.42 Å². The van der Waals surface area contributed by atoms with Gasteiger partial charge in [-0.15, -0.1) is 0 Å². The van der Waals surface area contributed by atoms with E-state index in [-0.39, 0.29) is 0 Å². The molecule has 1 heterocycles. The summed E-state index contributed by atoms with van der Waals surface area (Å²) >= 11 is 0. The molecule has 1 aromatic heterocycles. The van der Waals surface area contributed by atoms with Crippen LogP contribution >= 0.6 is 0 Å². The third-order valence-corrected chi connectivity index (χ3v) is 8.04. The Balaban J connectivity index is 1.33. The van der Waals surface area contributed by atoms with Gasteiger partial charge in [-0.25, -0.2) is 0 Å². The Morgan fingerprint density at radius 3 is 1.64 bits per heavy atom. The fraction of sp³-hybridized carbons (Fsp3) is 0. The Morgan fingerprint density at radius 2 is 0.952 bits per heavy atom. The predicted molar refractivity (Wildman–Crippen MR) is 177 cm³/mol. The third kappa shape index (κ3) is 4.13. The van der Waals surface area contributed by atoms with Crippen LogP contribution in [0.2, 0.25) is 0 Å². The lowest BCUT2D eigenvalue weighted by molar-refractivity contribution is 0.670. The summed E-state index contributed by atoms with van der Waals surface area (Å²) < 4.78 is 6.80. The molecule has 0 atom stereocenters. The van der Waals surface area contributed by atoms with Gasteiger partial charge < -0.3 is 9.32 Å². The van der Waals surface area contributed by atoms with Gasteiger partial charge in [0.2, 0.25) is 0 Å². The predicted octanol–water partition coefficient (Wildman–Crippen LogP) is 11.5. The quantitative estimate of drug-likeness (QED) is 0.217. The highest BCUT2D eigenvalue weighted by Crippen LogP contribution is 2.43. The van der Waals surface area contributed by atoms with Gasteiger partial charge in [-0.2, -0.15) is 0 Å². The first-order chi connectivity index (χ1) is 20.8. The van der Waals surface area contributed by atoms with Gasteiger partial charge in [-0.1, -0.05) is 115 Å². The lowest BCUT2D eigenvalue weighted by atomic mass is 9.94. The molecule has 198 valence electrons. The van der Waals surface area contributed by atoms with Gasteiger partial charge in [0.05, 0.1) is 0 Å². The number of benzene rings is 7. The maximum Gasteiger partial charge on any atom is 0.143 e. The number of furan rings is 1. The molecule has 0 aliphatic heterocycles. The van der Waals surface area contributed by atoms with Crippen LogP contribution in [0.15, 0.2) is 168 Å². The lowest BCUT2D eigenvalue weighted by Gasteiger charge is -2.25. The van der Waals surface area contributed by atoms with Gasteiger partial charge in [0.15, 0.2) is 0 Å². The number of hydrogen-bond acceptors (Lipinski definition) is 2. The largest absolute Gasteiger partial charge is 0.455 e. The molecular weight excluding hydrogens is 510 g/mol.